The van der Waals surface area contributed by atoms with E-state index < -0.39 is 7.12 Å². The second-order valence-corrected chi connectivity index (χ2v) is 6.56. The molecule has 1 aromatic carbocycles. The highest BCUT2D eigenvalue weighted by atomic mass is 16.5. The molecule has 2 atom stereocenters. The number of Topliss-reactive ketones (excluding diaryl/α,β-unsaturated/α-hetero) is 1. The van der Waals surface area contributed by atoms with E-state index in [-0.39, 0.29) is 36.3 Å². The minimum atomic E-state index is -1.03. The van der Waals surface area contributed by atoms with Crippen LogP contribution in [0.25, 0.3) is 0 Å². The summed E-state index contributed by atoms with van der Waals surface area (Å²) in [5.41, 5.74) is 7.54. The van der Waals surface area contributed by atoms with Gasteiger partial charge in [-0.05, 0) is 24.0 Å². The van der Waals surface area contributed by atoms with Crippen molar-refractivity contribution in [2.45, 2.75) is 50.6 Å². The summed E-state index contributed by atoms with van der Waals surface area (Å²) in [6.45, 7) is 3.94. The SMILES string of the molecule is C=C(O)C[C@@H]1C/C=C\C[C@H](CC(=O)Cc2ccc(CN)cc2)B(O)O1. The summed E-state index contributed by atoms with van der Waals surface area (Å²) >= 11 is 0. The first kappa shape index (κ1) is 19.4. The minimum absolute atomic E-state index is 0.0275. The van der Waals surface area contributed by atoms with Crippen molar-refractivity contribution in [2.24, 2.45) is 5.73 Å². The van der Waals surface area contributed by atoms with Crippen molar-refractivity contribution in [2.75, 3.05) is 0 Å². The predicted octanol–water partition coefficient (Wildman–Crippen LogP) is 2.69. The van der Waals surface area contributed by atoms with E-state index in [9.17, 15) is 14.9 Å². The third kappa shape index (κ3) is 6.50. The Kier molecular flexibility index (Phi) is 7.43. The van der Waals surface area contributed by atoms with E-state index in [0.29, 0.717) is 25.8 Å². The number of hydrogen-bond donors (Lipinski definition) is 3. The molecule has 0 radical (unpaired) electrons. The minimum Gasteiger partial charge on any atom is -0.513 e. The van der Waals surface area contributed by atoms with E-state index in [4.69, 9.17) is 10.4 Å². The maximum Gasteiger partial charge on any atom is 0.458 e. The van der Waals surface area contributed by atoms with Crippen molar-refractivity contribution >= 4 is 12.9 Å². The average Bonchev–Trinajstić information content (AvgIpc) is 2.56. The van der Waals surface area contributed by atoms with Gasteiger partial charge in [0.2, 0.25) is 0 Å². The Morgan fingerprint density at radius 2 is 1.84 bits per heavy atom. The third-order valence-electron chi connectivity index (χ3n) is 4.35. The van der Waals surface area contributed by atoms with Gasteiger partial charge in [0, 0.05) is 31.6 Å². The molecule has 0 saturated carbocycles. The molecule has 0 saturated heterocycles. The van der Waals surface area contributed by atoms with Gasteiger partial charge in [0.15, 0.2) is 0 Å². The summed E-state index contributed by atoms with van der Waals surface area (Å²) in [6.07, 6.45) is 5.64. The maximum atomic E-state index is 12.4. The number of ketones is 1. The maximum absolute atomic E-state index is 12.4. The zero-order valence-electron chi connectivity index (χ0n) is 14.4. The molecule has 0 fully saturated rings. The predicted molar refractivity (Wildman–Crippen MR) is 99.0 cm³/mol. The number of aliphatic hydroxyl groups is 1. The first-order valence-corrected chi connectivity index (χ1v) is 8.62. The Morgan fingerprint density at radius 1 is 1.20 bits per heavy atom. The highest BCUT2D eigenvalue weighted by Gasteiger charge is 2.31. The molecule has 25 heavy (non-hydrogen) atoms. The van der Waals surface area contributed by atoms with Crippen LogP contribution in [0.4, 0.5) is 0 Å². The summed E-state index contributed by atoms with van der Waals surface area (Å²) < 4.78 is 5.61. The number of nitrogens with two attached hydrogens (primary N) is 1. The topological polar surface area (TPSA) is 92.8 Å². The number of hydrogen-bond acceptors (Lipinski definition) is 5. The molecule has 1 aromatic rings. The van der Waals surface area contributed by atoms with Crippen molar-refractivity contribution in [3.05, 3.63) is 59.9 Å². The van der Waals surface area contributed by atoms with E-state index in [0.717, 1.165) is 11.1 Å². The Balaban J connectivity index is 1.92. The highest BCUT2D eigenvalue weighted by Crippen LogP contribution is 2.26. The summed E-state index contributed by atoms with van der Waals surface area (Å²) in [5.74, 6) is -0.202. The molecule has 1 aliphatic heterocycles. The van der Waals surface area contributed by atoms with Crippen LogP contribution in [0.1, 0.15) is 36.8 Å². The molecule has 1 aliphatic rings. The van der Waals surface area contributed by atoms with Gasteiger partial charge in [-0.1, -0.05) is 43.0 Å². The van der Waals surface area contributed by atoms with E-state index in [1.54, 1.807) is 0 Å². The second kappa shape index (κ2) is 9.56. The van der Waals surface area contributed by atoms with Crippen molar-refractivity contribution in [3.8, 4) is 0 Å². The van der Waals surface area contributed by atoms with Gasteiger partial charge in [-0.25, -0.2) is 0 Å². The van der Waals surface area contributed by atoms with Crippen LogP contribution in [-0.4, -0.2) is 29.1 Å². The van der Waals surface area contributed by atoms with Gasteiger partial charge in [0.25, 0.3) is 0 Å². The molecule has 1 heterocycles. The second-order valence-electron chi connectivity index (χ2n) is 6.56. The van der Waals surface area contributed by atoms with E-state index >= 15 is 0 Å². The molecule has 5 nitrogen and oxygen atoms in total. The van der Waals surface area contributed by atoms with Crippen LogP contribution in [0.3, 0.4) is 0 Å². The van der Waals surface area contributed by atoms with Crippen molar-refractivity contribution < 1.29 is 19.6 Å². The molecule has 0 amide bonds. The van der Waals surface area contributed by atoms with Crippen molar-refractivity contribution in [1.29, 1.82) is 0 Å². The smallest absolute Gasteiger partial charge is 0.458 e. The molecule has 0 bridgehead atoms. The Labute approximate surface area is 149 Å². The lowest BCUT2D eigenvalue weighted by Gasteiger charge is -2.25. The number of allylic oxidation sites excluding steroid dienone is 1. The van der Waals surface area contributed by atoms with Gasteiger partial charge in [-0.15, -0.1) is 0 Å². The van der Waals surface area contributed by atoms with Gasteiger partial charge < -0.3 is 20.5 Å². The number of aliphatic hydroxyl groups excluding tert-OH is 1. The van der Waals surface area contributed by atoms with Gasteiger partial charge in [0.1, 0.15) is 5.78 Å². The van der Waals surface area contributed by atoms with Crippen LogP contribution in [0, 0.1) is 0 Å². The van der Waals surface area contributed by atoms with Gasteiger partial charge >= 0.3 is 7.12 Å². The zero-order valence-corrected chi connectivity index (χ0v) is 14.4. The number of benzene rings is 1. The Morgan fingerprint density at radius 3 is 2.48 bits per heavy atom. The van der Waals surface area contributed by atoms with E-state index in [2.05, 4.69) is 6.58 Å². The molecule has 0 aromatic heterocycles. The Bertz CT molecular complexity index is 614. The van der Waals surface area contributed by atoms with E-state index in [1.165, 1.54) is 0 Å². The molecule has 0 aliphatic carbocycles. The normalized spacial score (nSPS) is 22.1. The summed E-state index contributed by atoms with van der Waals surface area (Å²) in [4.78, 5) is 12.4. The number of carbonyl (C=O) groups excluding carboxylic acids is 1. The zero-order chi connectivity index (χ0) is 18.2. The molecule has 2 rings (SSSR count). The first-order valence-electron chi connectivity index (χ1n) is 8.62. The van der Waals surface area contributed by atoms with Crippen LogP contribution in [0.2, 0.25) is 5.82 Å². The third-order valence-corrected chi connectivity index (χ3v) is 4.35. The van der Waals surface area contributed by atoms with Gasteiger partial charge in [-0.2, -0.15) is 0 Å². The Hall–Kier alpha value is -1.89. The van der Waals surface area contributed by atoms with Crippen LogP contribution in [0.5, 0.6) is 0 Å². The quantitative estimate of drug-likeness (QED) is 0.402. The van der Waals surface area contributed by atoms with Crippen molar-refractivity contribution in [1.82, 2.24) is 0 Å². The first-order chi connectivity index (χ1) is 12.0. The van der Waals surface area contributed by atoms with Crippen LogP contribution in [-0.2, 0) is 22.4 Å². The number of carbonyl (C=O) groups is 1. The summed E-state index contributed by atoms with van der Waals surface area (Å²) in [5, 5.41) is 19.6. The lowest BCUT2D eigenvalue weighted by Crippen LogP contribution is -2.33. The summed E-state index contributed by atoms with van der Waals surface area (Å²) in [7, 11) is -1.03. The largest absolute Gasteiger partial charge is 0.513 e. The molecule has 0 unspecified atom stereocenters. The average molecular weight is 343 g/mol. The van der Waals surface area contributed by atoms with Crippen LogP contribution < -0.4 is 5.73 Å². The van der Waals surface area contributed by atoms with Gasteiger partial charge in [-0.3, -0.25) is 4.79 Å². The van der Waals surface area contributed by atoms with Crippen molar-refractivity contribution in [3.63, 3.8) is 0 Å². The standard InChI is InChI=1S/C19H26BNO4/c1-14(22)10-19-5-3-2-4-17(20(24)25-19)12-18(23)11-15-6-8-16(13-21)9-7-15/h2-3,6-9,17,19,22,24H,1,4-5,10-13,21H2/b3-2-/t17-,19+/m1/s1. The monoisotopic (exact) mass is 343 g/mol. The summed E-state index contributed by atoms with van der Waals surface area (Å²) in [6, 6.07) is 7.67. The molecule has 4 N–H and O–H groups in total. The fraction of sp³-hybridized carbons (Fsp3) is 0.421. The molecule has 0 spiro atoms. The molecular formula is C19H26BNO4. The fourth-order valence-corrected chi connectivity index (χ4v) is 2.96. The van der Waals surface area contributed by atoms with Crippen LogP contribution in [0.15, 0.2) is 48.8 Å². The van der Waals surface area contributed by atoms with Crippen LogP contribution >= 0.6 is 0 Å². The highest BCUT2D eigenvalue weighted by molar-refractivity contribution is 6.45. The molecular weight excluding hydrogens is 317 g/mol. The lowest BCUT2D eigenvalue weighted by molar-refractivity contribution is -0.118. The lowest BCUT2D eigenvalue weighted by atomic mass is 9.66. The molecule has 134 valence electrons. The van der Waals surface area contributed by atoms with E-state index in [1.807, 2.05) is 36.4 Å². The fourth-order valence-electron chi connectivity index (χ4n) is 2.96. The van der Waals surface area contributed by atoms with Gasteiger partial charge in [0.05, 0.1) is 11.9 Å². The molecule has 6 heteroatoms. The number of rotatable bonds is 7.